The summed E-state index contributed by atoms with van der Waals surface area (Å²) in [7, 11) is 1.88. The minimum Gasteiger partial charge on any atom is -0.341 e. The minimum atomic E-state index is 0.00894. The molecule has 3 rings (SSSR count). The van der Waals surface area contributed by atoms with Gasteiger partial charge in [-0.3, -0.25) is 9.48 Å². The van der Waals surface area contributed by atoms with E-state index in [0.29, 0.717) is 19.5 Å². The summed E-state index contributed by atoms with van der Waals surface area (Å²) < 4.78 is 1.75. The normalized spacial score (nSPS) is 22.0. The lowest BCUT2D eigenvalue weighted by Gasteiger charge is -2.37. The maximum absolute atomic E-state index is 12.4. The quantitative estimate of drug-likeness (QED) is 0.873. The molecule has 1 atom stereocenters. The fourth-order valence-corrected chi connectivity index (χ4v) is 3.28. The maximum atomic E-state index is 12.4. The molecule has 2 aliphatic rings. The number of amides is 3. The molecule has 0 radical (unpaired) electrons. The van der Waals surface area contributed by atoms with Gasteiger partial charge in [-0.05, 0) is 24.8 Å². The van der Waals surface area contributed by atoms with Gasteiger partial charge in [0.1, 0.15) is 0 Å². The second-order valence-electron chi connectivity index (χ2n) is 6.08. The van der Waals surface area contributed by atoms with Crippen LogP contribution in [0.3, 0.4) is 0 Å². The lowest BCUT2D eigenvalue weighted by atomic mass is 10.0. The smallest absolute Gasteiger partial charge is 0.317 e. The summed E-state index contributed by atoms with van der Waals surface area (Å²) in [6, 6.07) is 0.174. The average molecular weight is 305 g/mol. The number of hydrogen-bond donors (Lipinski definition) is 1. The Morgan fingerprint density at radius 2 is 2.32 bits per heavy atom. The molecule has 0 aliphatic carbocycles. The van der Waals surface area contributed by atoms with E-state index in [4.69, 9.17) is 0 Å². The van der Waals surface area contributed by atoms with Gasteiger partial charge in [-0.1, -0.05) is 0 Å². The molecule has 2 saturated heterocycles. The van der Waals surface area contributed by atoms with Crippen molar-refractivity contribution in [2.75, 3.05) is 26.2 Å². The number of urea groups is 1. The zero-order valence-corrected chi connectivity index (χ0v) is 13.0. The van der Waals surface area contributed by atoms with Crippen LogP contribution in [0.4, 0.5) is 4.79 Å². The molecule has 2 fully saturated rings. The molecule has 7 heteroatoms. The van der Waals surface area contributed by atoms with Crippen LogP contribution in [0.5, 0.6) is 0 Å². The predicted molar refractivity (Wildman–Crippen MR) is 81.2 cm³/mol. The molecule has 3 amide bonds. The van der Waals surface area contributed by atoms with Gasteiger partial charge in [0.25, 0.3) is 0 Å². The first-order valence-corrected chi connectivity index (χ1v) is 7.93. The van der Waals surface area contributed by atoms with E-state index >= 15 is 0 Å². The van der Waals surface area contributed by atoms with Crippen LogP contribution < -0.4 is 5.32 Å². The van der Waals surface area contributed by atoms with Crippen LogP contribution in [0.1, 0.15) is 24.8 Å². The van der Waals surface area contributed by atoms with Gasteiger partial charge in [-0.15, -0.1) is 0 Å². The maximum Gasteiger partial charge on any atom is 0.317 e. The summed E-state index contributed by atoms with van der Waals surface area (Å²) in [5, 5.41) is 6.95. The standard InChI is InChI=1S/C15H23N5O2/c1-18-10-12(9-17-18)4-5-14(21)19-7-2-3-13(11-19)20-8-6-16-15(20)22/h9-10,13H,2-8,11H2,1H3,(H,16,22). The van der Waals surface area contributed by atoms with E-state index in [9.17, 15) is 9.59 Å². The third-order valence-corrected chi connectivity index (χ3v) is 4.47. The summed E-state index contributed by atoms with van der Waals surface area (Å²) in [5.74, 6) is 0.174. The number of carbonyl (C=O) groups is 2. The molecule has 0 aromatic carbocycles. The molecule has 3 heterocycles. The highest BCUT2D eigenvalue weighted by Crippen LogP contribution is 2.18. The fourth-order valence-electron chi connectivity index (χ4n) is 3.28. The van der Waals surface area contributed by atoms with E-state index in [0.717, 1.165) is 37.9 Å². The van der Waals surface area contributed by atoms with Gasteiger partial charge < -0.3 is 15.1 Å². The number of hydrogen-bond acceptors (Lipinski definition) is 3. The first-order valence-electron chi connectivity index (χ1n) is 7.93. The van der Waals surface area contributed by atoms with Crippen LogP contribution in [-0.4, -0.2) is 63.7 Å². The Bertz CT molecular complexity index is 556. The highest BCUT2D eigenvalue weighted by atomic mass is 16.2. The average Bonchev–Trinajstić information content (AvgIpc) is 3.13. The largest absolute Gasteiger partial charge is 0.341 e. The summed E-state index contributed by atoms with van der Waals surface area (Å²) in [6.45, 7) is 2.93. The van der Waals surface area contributed by atoms with Crippen LogP contribution in [-0.2, 0) is 18.3 Å². The van der Waals surface area contributed by atoms with Gasteiger partial charge >= 0.3 is 6.03 Å². The number of nitrogens with zero attached hydrogens (tertiary/aromatic N) is 4. The molecule has 0 saturated carbocycles. The number of nitrogens with one attached hydrogen (secondary N) is 1. The number of piperidine rings is 1. The summed E-state index contributed by atoms with van der Waals surface area (Å²) in [5.41, 5.74) is 1.09. The molecule has 22 heavy (non-hydrogen) atoms. The molecule has 1 aromatic heterocycles. The van der Waals surface area contributed by atoms with Crippen LogP contribution in [0.15, 0.2) is 12.4 Å². The number of rotatable bonds is 4. The molecule has 120 valence electrons. The predicted octanol–water partition coefficient (Wildman–Crippen LogP) is 0.369. The molecule has 1 N–H and O–H groups in total. The Hall–Kier alpha value is -2.05. The van der Waals surface area contributed by atoms with E-state index in [1.807, 2.05) is 23.0 Å². The topological polar surface area (TPSA) is 70.5 Å². The van der Waals surface area contributed by atoms with Gasteiger partial charge in [-0.2, -0.15) is 5.10 Å². The van der Waals surface area contributed by atoms with Crippen LogP contribution in [0.2, 0.25) is 0 Å². The Labute approximate surface area is 130 Å². The highest BCUT2D eigenvalue weighted by molar-refractivity contribution is 5.78. The van der Waals surface area contributed by atoms with E-state index < -0.39 is 0 Å². The second-order valence-corrected chi connectivity index (χ2v) is 6.08. The third kappa shape index (κ3) is 3.23. The van der Waals surface area contributed by atoms with Crippen LogP contribution >= 0.6 is 0 Å². The van der Waals surface area contributed by atoms with E-state index in [1.165, 1.54) is 0 Å². The Kier molecular flexibility index (Phi) is 4.31. The Balaban J connectivity index is 1.52. The molecule has 0 bridgehead atoms. The second kappa shape index (κ2) is 6.37. The zero-order chi connectivity index (χ0) is 15.5. The summed E-state index contributed by atoms with van der Waals surface area (Å²) in [6.07, 6.45) is 6.93. The zero-order valence-electron chi connectivity index (χ0n) is 13.0. The monoisotopic (exact) mass is 305 g/mol. The van der Waals surface area contributed by atoms with Crippen molar-refractivity contribution in [1.29, 1.82) is 0 Å². The number of likely N-dealkylation sites (tertiary alicyclic amines) is 1. The van der Waals surface area contributed by atoms with Crippen LogP contribution in [0.25, 0.3) is 0 Å². The van der Waals surface area contributed by atoms with Gasteiger partial charge in [0, 0.05) is 45.8 Å². The van der Waals surface area contributed by atoms with Crippen molar-refractivity contribution in [2.24, 2.45) is 7.05 Å². The summed E-state index contributed by atoms with van der Waals surface area (Å²) >= 11 is 0. The van der Waals surface area contributed by atoms with Crippen molar-refractivity contribution >= 4 is 11.9 Å². The molecular weight excluding hydrogens is 282 g/mol. The van der Waals surface area contributed by atoms with Crippen molar-refractivity contribution in [1.82, 2.24) is 24.9 Å². The molecule has 1 unspecified atom stereocenters. The number of carbonyl (C=O) groups excluding carboxylic acids is 2. The van der Waals surface area contributed by atoms with Crippen molar-refractivity contribution in [2.45, 2.75) is 31.7 Å². The van der Waals surface area contributed by atoms with E-state index in [2.05, 4.69) is 10.4 Å². The van der Waals surface area contributed by atoms with Gasteiger partial charge in [0.15, 0.2) is 0 Å². The van der Waals surface area contributed by atoms with E-state index in [-0.39, 0.29) is 18.0 Å². The first-order chi connectivity index (χ1) is 10.6. The van der Waals surface area contributed by atoms with Crippen LogP contribution in [0, 0.1) is 0 Å². The SMILES string of the molecule is Cn1cc(CCC(=O)N2CCCC(N3CCNC3=O)C2)cn1. The van der Waals surface area contributed by atoms with Crippen molar-refractivity contribution in [3.05, 3.63) is 18.0 Å². The van der Waals surface area contributed by atoms with Gasteiger partial charge in [-0.25, -0.2) is 4.79 Å². The summed E-state index contributed by atoms with van der Waals surface area (Å²) in [4.78, 5) is 28.0. The number of aryl methyl sites for hydroxylation is 2. The lowest BCUT2D eigenvalue weighted by molar-refractivity contribution is -0.133. The highest BCUT2D eigenvalue weighted by Gasteiger charge is 2.32. The fraction of sp³-hybridized carbons (Fsp3) is 0.667. The Morgan fingerprint density at radius 3 is 3.00 bits per heavy atom. The number of aromatic nitrogens is 2. The molecular formula is C15H23N5O2. The van der Waals surface area contributed by atoms with Gasteiger partial charge in [0.2, 0.25) is 5.91 Å². The Morgan fingerprint density at radius 1 is 1.45 bits per heavy atom. The molecule has 1 aromatic rings. The van der Waals surface area contributed by atoms with Crippen molar-refractivity contribution in [3.63, 3.8) is 0 Å². The van der Waals surface area contributed by atoms with Crippen molar-refractivity contribution < 1.29 is 9.59 Å². The molecule has 7 nitrogen and oxygen atoms in total. The third-order valence-electron chi connectivity index (χ3n) is 4.47. The molecule has 2 aliphatic heterocycles. The van der Waals surface area contributed by atoms with Crippen molar-refractivity contribution in [3.8, 4) is 0 Å². The molecule has 0 spiro atoms. The van der Waals surface area contributed by atoms with Gasteiger partial charge in [0.05, 0.1) is 12.2 Å². The first kappa shape index (κ1) is 14.9. The minimum absolute atomic E-state index is 0.00894. The lowest BCUT2D eigenvalue weighted by Crippen LogP contribution is -2.50. The van der Waals surface area contributed by atoms with E-state index in [1.54, 1.807) is 10.9 Å².